The Morgan fingerprint density at radius 3 is 3.04 bits per heavy atom. The molecule has 0 unspecified atom stereocenters. The van der Waals surface area contributed by atoms with Gasteiger partial charge in [-0.1, -0.05) is 18.2 Å². The van der Waals surface area contributed by atoms with Gasteiger partial charge >= 0.3 is 0 Å². The Labute approximate surface area is 168 Å². The third-order valence-electron chi connectivity index (χ3n) is 4.89. The van der Waals surface area contributed by atoms with E-state index in [1.807, 2.05) is 36.6 Å². The molecule has 0 bridgehead atoms. The number of nitrogens with one attached hydrogen (secondary N) is 1. The molecule has 1 saturated heterocycles. The largest absolute Gasteiger partial charge is 0.325 e. The summed E-state index contributed by atoms with van der Waals surface area (Å²) in [6, 6.07) is 16.3. The van der Waals surface area contributed by atoms with Crippen LogP contribution in [0.25, 0.3) is 10.2 Å². The van der Waals surface area contributed by atoms with Gasteiger partial charge in [0.2, 0.25) is 5.91 Å². The maximum atomic E-state index is 12.5. The van der Waals surface area contributed by atoms with Crippen LogP contribution in [-0.2, 0) is 4.79 Å². The van der Waals surface area contributed by atoms with E-state index in [9.17, 15) is 4.79 Å². The lowest BCUT2D eigenvalue weighted by Gasteiger charge is -2.31. The van der Waals surface area contributed by atoms with Crippen LogP contribution in [0.1, 0.15) is 23.8 Å². The van der Waals surface area contributed by atoms with Gasteiger partial charge < -0.3 is 5.32 Å². The van der Waals surface area contributed by atoms with E-state index in [-0.39, 0.29) is 5.91 Å². The third kappa shape index (κ3) is 4.51. The van der Waals surface area contributed by atoms with E-state index >= 15 is 0 Å². The molecular formula is C21H23N3OS2. The number of hydrogen-bond donors (Lipinski definition) is 1. The van der Waals surface area contributed by atoms with Crippen LogP contribution in [0, 0.1) is 0 Å². The van der Waals surface area contributed by atoms with Gasteiger partial charge in [-0.15, -0.1) is 23.1 Å². The number of thiazole rings is 1. The van der Waals surface area contributed by atoms with Crippen LogP contribution in [-0.4, -0.2) is 41.7 Å². The number of thioether (sulfide) groups is 1. The van der Waals surface area contributed by atoms with Gasteiger partial charge in [0, 0.05) is 23.0 Å². The molecule has 2 aromatic carbocycles. The SMILES string of the molecule is CSc1cccc(NC(=O)CN2CCC[C@H](c3nc4ccccc4s3)C2)c1. The lowest BCUT2D eigenvalue weighted by atomic mass is 9.99. The first-order valence-corrected chi connectivity index (χ1v) is 11.3. The van der Waals surface area contributed by atoms with Crippen LogP contribution in [0.5, 0.6) is 0 Å². The minimum atomic E-state index is 0.0539. The van der Waals surface area contributed by atoms with Crippen LogP contribution >= 0.6 is 23.1 Å². The van der Waals surface area contributed by atoms with E-state index in [0.717, 1.165) is 42.0 Å². The zero-order chi connectivity index (χ0) is 18.6. The van der Waals surface area contributed by atoms with Crippen LogP contribution in [0.2, 0.25) is 0 Å². The molecule has 1 N–H and O–H groups in total. The maximum Gasteiger partial charge on any atom is 0.238 e. The van der Waals surface area contributed by atoms with Crippen molar-refractivity contribution in [1.29, 1.82) is 0 Å². The Morgan fingerprint density at radius 2 is 2.19 bits per heavy atom. The molecule has 1 aliphatic rings. The van der Waals surface area contributed by atoms with Gasteiger partial charge in [-0.05, 0) is 56.0 Å². The van der Waals surface area contributed by atoms with Gasteiger partial charge in [0.1, 0.15) is 0 Å². The number of para-hydroxylation sites is 1. The van der Waals surface area contributed by atoms with Gasteiger partial charge in [-0.3, -0.25) is 9.69 Å². The number of fused-ring (bicyclic) bond motifs is 1. The Balaban J connectivity index is 1.38. The fourth-order valence-corrected chi connectivity index (χ4v) is 5.12. The maximum absolute atomic E-state index is 12.5. The standard InChI is InChI=1S/C21H23N3OS2/c1-26-17-8-4-7-16(12-17)22-20(25)14-24-11-5-6-15(13-24)21-23-18-9-2-3-10-19(18)27-21/h2-4,7-10,12,15H,5-6,11,13-14H2,1H3,(H,22,25)/t15-/m0/s1. The van der Waals surface area contributed by atoms with Crippen LogP contribution in [0.4, 0.5) is 5.69 Å². The topological polar surface area (TPSA) is 45.2 Å². The number of hydrogen-bond acceptors (Lipinski definition) is 5. The predicted molar refractivity (Wildman–Crippen MR) is 115 cm³/mol. The number of carbonyl (C=O) groups is 1. The lowest BCUT2D eigenvalue weighted by molar-refractivity contribution is -0.117. The summed E-state index contributed by atoms with van der Waals surface area (Å²) >= 11 is 3.47. The van der Waals surface area contributed by atoms with E-state index in [2.05, 4.69) is 28.4 Å². The van der Waals surface area contributed by atoms with E-state index in [0.29, 0.717) is 12.5 Å². The molecule has 0 saturated carbocycles. The normalized spacial score (nSPS) is 17.9. The number of amides is 1. The molecule has 1 amide bonds. The predicted octanol–water partition coefficient (Wildman–Crippen LogP) is 4.84. The molecule has 0 spiro atoms. The summed E-state index contributed by atoms with van der Waals surface area (Å²) in [5.74, 6) is 0.474. The molecule has 1 aromatic heterocycles. The van der Waals surface area contributed by atoms with E-state index in [4.69, 9.17) is 4.98 Å². The van der Waals surface area contributed by atoms with E-state index in [1.54, 1.807) is 23.1 Å². The van der Waals surface area contributed by atoms with Crippen molar-refractivity contribution in [3.8, 4) is 0 Å². The summed E-state index contributed by atoms with van der Waals surface area (Å²) in [6.07, 6.45) is 4.29. The molecular weight excluding hydrogens is 374 g/mol. The van der Waals surface area contributed by atoms with Crippen molar-refractivity contribution in [2.45, 2.75) is 23.7 Å². The van der Waals surface area contributed by atoms with Crippen molar-refractivity contribution < 1.29 is 4.79 Å². The van der Waals surface area contributed by atoms with Crippen LogP contribution < -0.4 is 5.32 Å². The minimum Gasteiger partial charge on any atom is -0.325 e. The second kappa shape index (κ2) is 8.42. The lowest BCUT2D eigenvalue weighted by Crippen LogP contribution is -2.39. The molecule has 1 atom stereocenters. The molecule has 140 valence electrons. The second-order valence-corrected chi connectivity index (χ2v) is 8.82. The first-order chi connectivity index (χ1) is 13.2. The third-order valence-corrected chi connectivity index (χ3v) is 6.81. The fraction of sp³-hybridized carbons (Fsp3) is 0.333. The molecule has 3 aromatic rings. The van der Waals surface area contributed by atoms with Crippen molar-refractivity contribution in [1.82, 2.24) is 9.88 Å². The first-order valence-electron chi connectivity index (χ1n) is 9.23. The number of aromatic nitrogens is 1. The highest BCUT2D eigenvalue weighted by Crippen LogP contribution is 2.32. The number of benzene rings is 2. The highest BCUT2D eigenvalue weighted by molar-refractivity contribution is 7.98. The monoisotopic (exact) mass is 397 g/mol. The summed E-state index contributed by atoms with van der Waals surface area (Å²) in [5.41, 5.74) is 1.95. The van der Waals surface area contributed by atoms with Gasteiger partial charge in [0.15, 0.2) is 0 Å². The zero-order valence-corrected chi connectivity index (χ0v) is 17.0. The molecule has 1 fully saturated rings. The molecule has 1 aliphatic heterocycles. The minimum absolute atomic E-state index is 0.0539. The number of rotatable bonds is 5. The van der Waals surface area contributed by atoms with Gasteiger partial charge in [-0.2, -0.15) is 0 Å². The zero-order valence-electron chi connectivity index (χ0n) is 15.4. The molecule has 4 nitrogen and oxygen atoms in total. The number of likely N-dealkylation sites (tertiary alicyclic amines) is 1. The number of anilines is 1. The summed E-state index contributed by atoms with van der Waals surface area (Å²) in [7, 11) is 0. The Bertz CT molecular complexity index is 907. The molecule has 2 heterocycles. The smallest absolute Gasteiger partial charge is 0.238 e. The van der Waals surface area contributed by atoms with Crippen molar-refractivity contribution in [3.05, 3.63) is 53.5 Å². The van der Waals surface area contributed by atoms with Crippen molar-refractivity contribution >= 4 is 44.9 Å². The van der Waals surface area contributed by atoms with Crippen LogP contribution in [0.3, 0.4) is 0 Å². The summed E-state index contributed by atoms with van der Waals surface area (Å²) in [5, 5.41) is 4.24. The van der Waals surface area contributed by atoms with Gasteiger partial charge in [0.25, 0.3) is 0 Å². The van der Waals surface area contributed by atoms with Crippen molar-refractivity contribution in [2.75, 3.05) is 31.2 Å². The summed E-state index contributed by atoms with van der Waals surface area (Å²) < 4.78 is 1.25. The quantitative estimate of drug-likeness (QED) is 0.626. The van der Waals surface area contributed by atoms with Crippen molar-refractivity contribution in [2.24, 2.45) is 0 Å². The van der Waals surface area contributed by atoms with E-state index < -0.39 is 0 Å². The Kier molecular flexibility index (Phi) is 5.76. The molecule has 4 rings (SSSR count). The van der Waals surface area contributed by atoms with Gasteiger partial charge in [0.05, 0.1) is 21.8 Å². The van der Waals surface area contributed by atoms with Crippen LogP contribution in [0.15, 0.2) is 53.4 Å². The fourth-order valence-electron chi connectivity index (χ4n) is 3.57. The summed E-state index contributed by atoms with van der Waals surface area (Å²) in [4.78, 5) is 20.7. The average Bonchev–Trinajstić information content (AvgIpc) is 3.12. The number of carbonyl (C=O) groups excluding carboxylic acids is 1. The average molecular weight is 398 g/mol. The number of piperidine rings is 1. The second-order valence-electron chi connectivity index (χ2n) is 6.87. The molecule has 27 heavy (non-hydrogen) atoms. The summed E-state index contributed by atoms with van der Waals surface area (Å²) in [6.45, 7) is 2.31. The molecule has 6 heteroatoms. The highest BCUT2D eigenvalue weighted by atomic mass is 32.2. The molecule has 0 aliphatic carbocycles. The van der Waals surface area contributed by atoms with Crippen molar-refractivity contribution in [3.63, 3.8) is 0 Å². The molecule has 0 radical (unpaired) electrons. The van der Waals surface area contributed by atoms with Gasteiger partial charge in [-0.25, -0.2) is 4.98 Å². The highest BCUT2D eigenvalue weighted by Gasteiger charge is 2.25. The number of nitrogens with zero attached hydrogens (tertiary/aromatic N) is 2. The first kappa shape index (κ1) is 18.5. The Morgan fingerprint density at radius 1 is 1.30 bits per heavy atom. The Hall–Kier alpha value is -1.89. The van der Waals surface area contributed by atoms with E-state index in [1.165, 1.54) is 9.71 Å².